The number of aromatic amines is 1. The van der Waals surface area contributed by atoms with E-state index in [9.17, 15) is 0 Å². The van der Waals surface area contributed by atoms with E-state index in [0.717, 1.165) is 27.6 Å². The zero-order valence-electron chi connectivity index (χ0n) is 14.8. The van der Waals surface area contributed by atoms with Crippen molar-refractivity contribution in [1.29, 1.82) is 0 Å². The second-order valence-electron chi connectivity index (χ2n) is 5.58. The van der Waals surface area contributed by atoms with Gasteiger partial charge in [0, 0.05) is 21.5 Å². The van der Waals surface area contributed by atoms with Crippen LogP contribution in [0.1, 0.15) is 25.0 Å². The molecule has 0 atom stereocenters. The lowest BCUT2D eigenvalue weighted by Gasteiger charge is -2.06. The molecule has 2 aromatic rings. The van der Waals surface area contributed by atoms with E-state index in [1.165, 1.54) is 16.2 Å². The van der Waals surface area contributed by atoms with Gasteiger partial charge in [0.05, 0.1) is 0 Å². The molecular formula is C23H25N. The van der Waals surface area contributed by atoms with E-state index in [1.807, 2.05) is 32.1 Å². The van der Waals surface area contributed by atoms with Crippen LogP contribution < -0.4 is 10.6 Å². The van der Waals surface area contributed by atoms with Crippen molar-refractivity contribution in [3.05, 3.63) is 89.5 Å². The molecule has 1 heteroatoms. The lowest BCUT2D eigenvalue weighted by atomic mass is 9.97. The Morgan fingerprint density at radius 2 is 1.88 bits per heavy atom. The number of allylic oxidation sites excluding steroid dienone is 6. The molecule has 0 radical (unpaired) electrons. The quantitative estimate of drug-likeness (QED) is 0.752. The molecular weight excluding hydrogens is 290 g/mol. The average Bonchev–Trinajstić information content (AvgIpc) is 2.97. The third-order valence-electron chi connectivity index (χ3n) is 4.25. The van der Waals surface area contributed by atoms with Crippen molar-refractivity contribution in [3.8, 4) is 0 Å². The van der Waals surface area contributed by atoms with Gasteiger partial charge in [-0.05, 0) is 49.1 Å². The Hall–Kier alpha value is -2.80. The minimum absolute atomic E-state index is 1.10. The minimum Gasteiger partial charge on any atom is -0.355 e. The van der Waals surface area contributed by atoms with Crippen molar-refractivity contribution in [3.63, 3.8) is 0 Å². The van der Waals surface area contributed by atoms with E-state index in [0.29, 0.717) is 0 Å². The molecule has 0 aliphatic carbocycles. The van der Waals surface area contributed by atoms with E-state index >= 15 is 0 Å². The summed E-state index contributed by atoms with van der Waals surface area (Å²) in [5, 5.41) is 3.46. The molecule has 1 heterocycles. The summed E-state index contributed by atoms with van der Waals surface area (Å²) in [5.74, 6) is 0. The smallest absolute Gasteiger partial charge is 0.0471 e. The normalized spacial score (nSPS) is 14.3. The maximum atomic E-state index is 4.06. The highest BCUT2D eigenvalue weighted by molar-refractivity contribution is 5.94. The Labute approximate surface area is 144 Å². The number of hydrogen-bond donors (Lipinski definition) is 1. The highest BCUT2D eigenvalue weighted by atomic mass is 14.7. The molecule has 0 aliphatic rings. The molecule has 122 valence electrons. The summed E-state index contributed by atoms with van der Waals surface area (Å²) in [6.07, 6.45) is 13.8. The van der Waals surface area contributed by atoms with Crippen LogP contribution in [0.15, 0.2) is 67.8 Å². The Bertz CT molecular complexity index is 975. The third-order valence-corrected chi connectivity index (χ3v) is 4.25. The van der Waals surface area contributed by atoms with Crippen LogP contribution in [0.2, 0.25) is 0 Å². The predicted molar refractivity (Wildman–Crippen MR) is 109 cm³/mol. The summed E-state index contributed by atoms with van der Waals surface area (Å²) in [7, 11) is 0. The number of aryl methyl sites for hydroxylation is 1. The fourth-order valence-electron chi connectivity index (χ4n) is 3.08. The summed E-state index contributed by atoms with van der Waals surface area (Å²) in [5.41, 5.74) is 5.71. The Morgan fingerprint density at radius 1 is 1.12 bits per heavy atom. The summed E-state index contributed by atoms with van der Waals surface area (Å²) in [4.78, 5) is 3.52. The van der Waals surface area contributed by atoms with Crippen molar-refractivity contribution in [2.24, 2.45) is 0 Å². The lowest BCUT2D eigenvalue weighted by Crippen LogP contribution is -2.25. The highest BCUT2D eigenvalue weighted by Crippen LogP contribution is 2.21. The zero-order valence-corrected chi connectivity index (χ0v) is 14.8. The molecule has 0 aliphatic heterocycles. The predicted octanol–water partition coefficient (Wildman–Crippen LogP) is 4.94. The van der Waals surface area contributed by atoms with Gasteiger partial charge in [0.2, 0.25) is 0 Å². The van der Waals surface area contributed by atoms with Gasteiger partial charge in [-0.25, -0.2) is 0 Å². The topological polar surface area (TPSA) is 15.8 Å². The van der Waals surface area contributed by atoms with Crippen LogP contribution in [0.25, 0.3) is 28.6 Å². The summed E-state index contributed by atoms with van der Waals surface area (Å²) >= 11 is 0. The van der Waals surface area contributed by atoms with Crippen molar-refractivity contribution >= 4 is 28.6 Å². The Kier molecular flexibility index (Phi) is 5.59. The molecule has 24 heavy (non-hydrogen) atoms. The number of fused-ring (bicyclic) bond motifs is 1. The summed E-state index contributed by atoms with van der Waals surface area (Å²) < 4.78 is 0. The standard InChI is InChI=1S/C23H25N/c1-7-12-13-17(8-2)19(10-4)23-20(11-5)24-21-15-14-16(6)18(9-3)22(21)23/h7-15,24H,1,3-4H2,2,5-6H3/b13-12-,17-8-,20-11+,23-19+. The fraction of sp³-hybridized carbons (Fsp3) is 0.130. The van der Waals surface area contributed by atoms with Gasteiger partial charge >= 0.3 is 0 Å². The van der Waals surface area contributed by atoms with Crippen LogP contribution >= 0.6 is 0 Å². The van der Waals surface area contributed by atoms with Crippen LogP contribution in [0.3, 0.4) is 0 Å². The molecule has 1 nitrogen and oxygen atoms in total. The molecule has 0 fully saturated rings. The van der Waals surface area contributed by atoms with Gasteiger partial charge in [0.25, 0.3) is 0 Å². The van der Waals surface area contributed by atoms with E-state index in [1.54, 1.807) is 6.08 Å². The Balaban J connectivity index is 3.15. The SMILES string of the molecule is C=C\C=C/C(=C/C)C(/C=C)=c1\c(=C/C)[nH]c2ccc(C)c(C=C)c12. The van der Waals surface area contributed by atoms with Gasteiger partial charge in [-0.2, -0.15) is 0 Å². The number of nitrogens with one attached hydrogen (secondary N) is 1. The van der Waals surface area contributed by atoms with Crippen molar-refractivity contribution in [2.45, 2.75) is 20.8 Å². The molecule has 0 amide bonds. The zero-order chi connectivity index (χ0) is 17.7. The van der Waals surface area contributed by atoms with Crippen molar-refractivity contribution in [2.75, 3.05) is 0 Å². The first-order chi connectivity index (χ1) is 11.6. The maximum Gasteiger partial charge on any atom is 0.0471 e. The van der Waals surface area contributed by atoms with Crippen LogP contribution in [-0.2, 0) is 0 Å². The van der Waals surface area contributed by atoms with Crippen LogP contribution in [0.4, 0.5) is 0 Å². The maximum absolute atomic E-state index is 4.06. The molecule has 0 spiro atoms. The van der Waals surface area contributed by atoms with Crippen LogP contribution in [0, 0.1) is 6.92 Å². The van der Waals surface area contributed by atoms with Gasteiger partial charge in [-0.15, -0.1) is 0 Å². The molecule has 1 N–H and O–H groups in total. The summed E-state index contributed by atoms with van der Waals surface area (Å²) in [6, 6.07) is 4.25. The van der Waals surface area contributed by atoms with Gasteiger partial charge in [0.15, 0.2) is 0 Å². The van der Waals surface area contributed by atoms with Crippen molar-refractivity contribution in [1.82, 2.24) is 4.98 Å². The number of rotatable bonds is 5. The molecule has 0 bridgehead atoms. The van der Waals surface area contributed by atoms with Gasteiger partial charge in [-0.1, -0.05) is 68.3 Å². The van der Waals surface area contributed by atoms with E-state index in [4.69, 9.17) is 0 Å². The molecule has 0 saturated carbocycles. The molecule has 0 saturated heterocycles. The average molecular weight is 315 g/mol. The number of aromatic nitrogens is 1. The Morgan fingerprint density at radius 3 is 2.42 bits per heavy atom. The number of hydrogen-bond acceptors (Lipinski definition) is 0. The first kappa shape index (κ1) is 17.6. The van der Waals surface area contributed by atoms with E-state index < -0.39 is 0 Å². The highest BCUT2D eigenvalue weighted by Gasteiger charge is 2.10. The molecule has 2 rings (SSSR count). The minimum atomic E-state index is 1.10. The second-order valence-corrected chi connectivity index (χ2v) is 5.58. The van der Waals surface area contributed by atoms with Gasteiger partial charge in [0.1, 0.15) is 0 Å². The van der Waals surface area contributed by atoms with Gasteiger partial charge < -0.3 is 4.98 Å². The first-order valence-corrected chi connectivity index (χ1v) is 8.15. The third kappa shape index (κ3) is 2.98. The van der Waals surface area contributed by atoms with E-state index in [2.05, 4.69) is 62.0 Å². The number of H-pyrrole nitrogens is 1. The monoisotopic (exact) mass is 315 g/mol. The van der Waals surface area contributed by atoms with Crippen LogP contribution in [0.5, 0.6) is 0 Å². The number of benzene rings is 1. The van der Waals surface area contributed by atoms with Gasteiger partial charge in [-0.3, -0.25) is 0 Å². The fourth-order valence-corrected chi connectivity index (χ4v) is 3.08. The molecule has 1 aromatic heterocycles. The second kappa shape index (κ2) is 7.65. The first-order valence-electron chi connectivity index (χ1n) is 8.15. The van der Waals surface area contributed by atoms with Crippen LogP contribution in [-0.4, -0.2) is 4.98 Å². The van der Waals surface area contributed by atoms with Crippen molar-refractivity contribution < 1.29 is 0 Å². The molecule has 0 unspecified atom stereocenters. The molecule has 1 aromatic carbocycles. The summed E-state index contributed by atoms with van der Waals surface area (Å²) in [6.45, 7) is 18.0. The lowest BCUT2D eigenvalue weighted by molar-refractivity contribution is 1.34. The van der Waals surface area contributed by atoms with E-state index in [-0.39, 0.29) is 0 Å². The largest absolute Gasteiger partial charge is 0.355 e.